The van der Waals surface area contributed by atoms with Crippen LogP contribution in [0, 0.1) is 6.92 Å². The highest BCUT2D eigenvalue weighted by atomic mass is 32.1. The van der Waals surface area contributed by atoms with E-state index >= 15 is 0 Å². The summed E-state index contributed by atoms with van der Waals surface area (Å²) in [5, 5.41) is 15.2. The molecule has 3 rings (SSSR count). The van der Waals surface area contributed by atoms with Gasteiger partial charge in [-0.25, -0.2) is 9.50 Å². The molecule has 0 spiro atoms. The molecular weight excluding hydrogens is 224 g/mol. The van der Waals surface area contributed by atoms with E-state index in [0.717, 1.165) is 21.5 Å². The monoisotopic (exact) mass is 234 g/mol. The zero-order valence-corrected chi connectivity index (χ0v) is 9.45. The van der Waals surface area contributed by atoms with Gasteiger partial charge in [0.15, 0.2) is 0 Å². The van der Waals surface area contributed by atoms with Gasteiger partial charge >= 0.3 is 0 Å². The van der Waals surface area contributed by atoms with Crippen molar-refractivity contribution >= 4 is 21.4 Å². The lowest BCUT2D eigenvalue weighted by Crippen LogP contribution is -1.99. The maximum atomic E-state index is 4.36. The molecule has 0 radical (unpaired) electrons. The first kappa shape index (κ1) is 9.34. The highest BCUT2D eigenvalue weighted by Crippen LogP contribution is 2.19. The Labute approximate surface area is 95.3 Å². The predicted molar refractivity (Wildman–Crippen MR) is 61.5 cm³/mol. The predicted octanol–water partition coefficient (Wildman–Crippen LogP) is 1.43. The molecule has 7 heteroatoms. The van der Waals surface area contributed by atoms with E-state index in [9.17, 15) is 0 Å². The number of nitrogens with zero attached hydrogens (tertiary/aromatic N) is 4. The summed E-state index contributed by atoms with van der Waals surface area (Å²) < 4.78 is 1.79. The second kappa shape index (κ2) is 3.60. The van der Waals surface area contributed by atoms with E-state index in [1.807, 2.05) is 19.2 Å². The van der Waals surface area contributed by atoms with E-state index in [4.69, 9.17) is 0 Å². The molecule has 0 bridgehead atoms. The lowest BCUT2D eigenvalue weighted by Gasteiger charge is -1.97. The summed E-state index contributed by atoms with van der Waals surface area (Å²) in [6.07, 6.45) is 3.64. The van der Waals surface area contributed by atoms with Crippen molar-refractivity contribution in [3.05, 3.63) is 29.8 Å². The fourth-order valence-electron chi connectivity index (χ4n) is 1.43. The Morgan fingerprint density at radius 2 is 2.50 bits per heavy atom. The fraction of sp³-hybridized carbons (Fsp3) is 0.222. The SMILES string of the molecule is Cc1cn2nc(NCc3ccn[nH]3)sc2n1. The number of nitrogens with one attached hydrogen (secondary N) is 2. The summed E-state index contributed by atoms with van der Waals surface area (Å²) in [5.74, 6) is 0. The Kier molecular flexibility index (Phi) is 2.10. The standard InChI is InChI=1S/C9H10N6S/c1-6-5-15-9(12-6)16-8(14-15)10-4-7-2-3-11-13-7/h2-3,5H,4H2,1H3,(H,10,14)(H,11,13). The summed E-state index contributed by atoms with van der Waals surface area (Å²) in [5.41, 5.74) is 2.02. The third-order valence-electron chi connectivity index (χ3n) is 2.15. The Hall–Kier alpha value is -1.89. The van der Waals surface area contributed by atoms with Gasteiger partial charge in [0, 0.05) is 6.20 Å². The smallest absolute Gasteiger partial charge is 0.214 e. The highest BCUT2D eigenvalue weighted by molar-refractivity contribution is 7.20. The number of aromatic nitrogens is 5. The van der Waals surface area contributed by atoms with Crippen LogP contribution in [0.1, 0.15) is 11.4 Å². The topological polar surface area (TPSA) is 70.9 Å². The van der Waals surface area contributed by atoms with Crippen molar-refractivity contribution in [2.45, 2.75) is 13.5 Å². The van der Waals surface area contributed by atoms with E-state index in [0.29, 0.717) is 6.54 Å². The second-order valence-corrected chi connectivity index (χ2v) is 4.41. The van der Waals surface area contributed by atoms with Crippen LogP contribution in [0.15, 0.2) is 18.5 Å². The molecule has 0 aliphatic heterocycles. The van der Waals surface area contributed by atoms with Crippen LogP contribution in [0.4, 0.5) is 5.13 Å². The van der Waals surface area contributed by atoms with E-state index in [1.54, 1.807) is 10.7 Å². The number of aryl methyl sites for hydroxylation is 1. The molecule has 0 aromatic carbocycles. The lowest BCUT2D eigenvalue weighted by molar-refractivity contribution is 0.940. The van der Waals surface area contributed by atoms with Crippen LogP contribution in [-0.4, -0.2) is 24.8 Å². The van der Waals surface area contributed by atoms with E-state index in [-0.39, 0.29) is 0 Å². The Morgan fingerprint density at radius 3 is 3.25 bits per heavy atom. The number of rotatable bonds is 3. The Balaban J connectivity index is 1.77. The maximum absolute atomic E-state index is 4.36. The van der Waals surface area contributed by atoms with Gasteiger partial charge in [-0.2, -0.15) is 5.10 Å². The molecule has 0 aliphatic carbocycles. The molecule has 3 heterocycles. The van der Waals surface area contributed by atoms with Crippen molar-refractivity contribution < 1.29 is 0 Å². The Morgan fingerprint density at radius 1 is 1.56 bits per heavy atom. The number of H-pyrrole nitrogens is 1. The quantitative estimate of drug-likeness (QED) is 0.719. The van der Waals surface area contributed by atoms with Crippen LogP contribution in [0.3, 0.4) is 0 Å². The molecule has 16 heavy (non-hydrogen) atoms. The molecule has 3 aromatic heterocycles. The fourth-order valence-corrected chi connectivity index (χ4v) is 2.26. The van der Waals surface area contributed by atoms with Crippen molar-refractivity contribution in [1.29, 1.82) is 0 Å². The zero-order chi connectivity index (χ0) is 11.0. The van der Waals surface area contributed by atoms with Gasteiger partial charge in [-0.05, 0) is 13.0 Å². The van der Waals surface area contributed by atoms with Gasteiger partial charge in [0.25, 0.3) is 0 Å². The van der Waals surface area contributed by atoms with Crippen LogP contribution in [0.2, 0.25) is 0 Å². The van der Waals surface area contributed by atoms with Crippen LogP contribution in [-0.2, 0) is 6.54 Å². The molecule has 6 nitrogen and oxygen atoms in total. The average Bonchev–Trinajstić information content (AvgIpc) is 2.88. The first-order valence-electron chi connectivity index (χ1n) is 4.86. The molecule has 2 N–H and O–H groups in total. The van der Waals surface area contributed by atoms with Crippen LogP contribution in [0.25, 0.3) is 4.96 Å². The van der Waals surface area contributed by atoms with Gasteiger partial charge in [-0.1, -0.05) is 11.3 Å². The first-order valence-corrected chi connectivity index (χ1v) is 5.68. The normalized spacial score (nSPS) is 11.1. The van der Waals surface area contributed by atoms with Crippen molar-refractivity contribution in [3.63, 3.8) is 0 Å². The van der Waals surface area contributed by atoms with Gasteiger partial charge in [-0.15, -0.1) is 5.10 Å². The van der Waals surface area contributed by atoms with Gasteiger partial charge in [0.2, 0.25) is 10.1 Å². The number of anilines is 1. The average molecular weight is 234 g/mol. The van der Waals surface area contributed by atoms with Gasteiger partial charge in [-0.3, -0.25) is 5.10 Å². The number of fused-ring (bicyclic) bond motifs is 1. The van der Waals surface area contributed by atoms with E-state index < -0.39 is 0 Å². The molecule has 0 aliphatic rings. The van der Waals surface area contributed by atoms with Crippen molar-refractivity contribution in [1.82, 2.24) is 24.8 Å². The summed E-state index contributed by atoms with van der Waals surface area (Å²) >= 11 is 1.54. The number of hydrogen-bond acceptors (Lipinski definition) is 5. The van der Waals surface area contributed by atoms with Crippen LogP contribution < -0.4 is 5.32 Å². The Bertz CT molecular complexity index is 561. The third-order valence-corrected chi connectivity index (χ3v) is 3.03. The molecule has 82 valence electrons. The molecule has 0 atom stereocenters. The van der Waals surface area contributed by atoms with Crippen molar-refractivity contribution in [2.75, 3.05) is 5.32 Å². The van der Waals surface area contributed by atoms with Gasteiger partial charge < -0.3 is 5.32 Å². The second-order valence-electron chi connectivity index (χ2n) is 3.45. The molecule has 0 fully saturated rings. The molecule has 0 saturated carbocycles. The van der Waals surface area contributed by atoms with Crippen molar-refractivity contribution in [2.24, 2.45) is 0 Å². The number of hydrogen-bond donors (Lipinski definition) is 2. The number of aromatic amines is 1. The minimum Gasteiger partial charge on any atom is -0.354 e. The molecule has 0 unspecified atom stereocenters. The molecular formula is C9H10N6S. The van der Waals surface area contributed by atoms with E-state index in [2.05, 4.69) is 25.6 Å². The third kappa shape index (κ3) is 1.65. The lowest BCUT2D eigenvalue weighted by atomic mass is 10.4. The van der Waals surface area contributed by atoms with Crippen LogP contribution in [0.5, 0.6) is 0 Å². The molecule has 0 saturated heterocycles. The van der Waals surface area contributed by atoms with Crippen molar-refractivity contribution in [3.8, 4) is 0 Å². The van der Waals surface area contributed by atoms with E-state index in [1.165, 1.54) is 11.3 Å². The molecule has 3 aromatic rings. The summed E-state index contributed by atoms with van der Waals surface area (Å²) in [4.78, 5) is 5.24. The summed E-state index contributed by atoms with van der Waals surface area (Å²) in [7, 11) is 0. The molecule has 0 amide bonds. The first-order chi connectivity index (χ1) is 7.81. The van der Waals surface area contributed by atoms with Gasteiger partial charge in [0.05, 0.1) is 24.1 Å². The minimum absolute atomic E-state index is 0.690. The van der Waals surface area contributed by atoms with Gasteiger partial charge in [0.1, 0.15) is 0 Å². The van der Waals surface area contributed by atoms with Crippen LogP contribution >= 0.6 is 11.3 Å². The minimum atomic E-state index is 0.690. The maximum Gasteiger partial charge on any atom is 0.214 e. The largest absolute Gasteiger partial charge is 0.354 e. The summed E-state index contributed by atoms with van der Waals surface area (Å²) in [6.45, 7) is 2.65. The number of imidazole rings is 1. The summed E-state index contributed by atoms with van der Waals surface area (Å²) in [6, 6.07) is 1.93. The zero-order valence-electron chi connectivity index (χ0n) is 8.64. The highest BCUT2D eigenvalue weighted by Gasteiger charge is 2.05.